The molecule has 5 nitrogen and oxygen atoms in total. The van der Waals surface area contributed by atoms with Gasteiger partial charge in [-0.15, -0.1) is 11.3 Å². The van der Waals surface area contributed by atoms with Gasteiger partial charge in [0.1, 0.15) is 5.82 Å². The molecule has 0 aliphatic carbocycles. The largest absolute Gasteiger partial charge is 0.310 e. The molecule has 0 bridgehead atoms. The lowest BCUT2D eigenvalue weighted by molar-refractivity contribution is -0.115. The quantitative estimate of drug-likeness (QED) is 0.560. The van der Waals surface area contributed by atoms with Gasteiger partial charge < -0.3 is 5.32 Å². The van der Waals surface area contributed by atoms with Crippen LogP contribution in [0, 0.1) is 6.92 Å². The third kappa shape index (κ3) is 3.96. The average Bonchev–Trinajstić information content (AvgIpc) is 3.29. The number of hydrogen-bond acceptors (Lipinski definition) is 4. The van der Waals surface area contributed by atoms with Crippen molar-refractivity contribution < 1.29 is 4.79 Å². The van der Waals surface area contributed by atoms with Gasteiger partial charge in [-0.1, -0.05) is 48.5 Å². The first kappa shape index (κ1) is 17.2. The molecule has 134 valence electrons. The number of aryl methyl sites for hydroxylation is 1. The fourth-order valence-corrected chi connectivity index (χ4v) is 3.44. The highest BCUT2D eigenvalue weighted by Gasteiger charge is 2.14. The maximum atomic E-state index is 12.5. The highest BCUT2D eigenvalue weighted by molar-refractivity contribution is 7.09. The summed E-state index contributed by atoms with van der Waals surface area (Å²) in [6, 6.07) is 21.6. The summed E-state index contributed by atoms with van der Waals surface area (Å²) in [7, 11) is 0. The van der Waals surface area contributed by atoms with Gasteiger partial charge in [0.05, 0.1) is 28.5 Å². The van der Waals surface area contributed by atoms with Crippen molar-refractivity contribution in [2.75, 3.05) is 5.32 Å². The van der Waals surface area contributed by atoms with Gasteiger partial charge in [-0.25, -0.2) is 9.67 Å². The van der Waals surface area contributed by atoms with E-state index in [1.807, 2.05) is 79.0 Å². The molecule has 0 radical (unpaired) electrons. The number of benzene rings is 2. The standard InChI is InChI=1S/C21H18N4OS/c1-15-22-17(14-27-15)12-21(26)23-20-13-19(16-8-4-2-5-9-16)24-25(20)18-10-6-3-7-11-18/h2-11,13-14H,12H2,1H3,(H,23,26). The van der Waals surface area contributed by atoms with Crippen molar-refractivity contribution in [2.45, 2.75) is 13.3 Å². The number of amides is 1. The van der Waals surface area contributed by atoms with Gasteiger partial charge in [0.25, 0.3) is 0 Å². The van der Waals surface area contributed by atoms with E-state index in [9.17, 15) is 4.79 Å². The van der Waals surface area contributed by atoms with Crippen LogP contribution in [0.4, 0.5) is 5.82 Å². The SMILES string of the molecule is Cc1nc(CC(=O)Nc2cc(-c3ccccc3)nn2-c2ccccc2)cs1. The summed E-state index contributed by atoms with van der Waals surface area (Å²) in [6.07, 6.45) is 0.241. The number of para-hydroxylation sites is 1. The van der Waals surface area contributed by atoms with Crippen molar-refractivity contribution in [1.29, 1.82) is 0 Å². The van der Waals surface area contributed by atoms with Crippen molar-refractivity contribution in [2.24, 2.45) is 0 Å². The minimum absolute atomic E-state index is 0.114. The monoisotopic (exact) mass is 374 g/mol. The predicted molar refractivity (Wildman–Crippen MR) is 108 cm³/mol. The summed E-state index contributed by atoms with van der Waals surface area (Å²) < 4.78 is 1.76. The van der Waals surface area contributed by atoms with E-state index in [4.69, 9.17) is 5.10 Å². The van der Waals surface area contributed by atoms with E-state index in [2.05, 4.69) is 10.3 Å². The maximum Gasteiger partial charge on any atom is 0.231 e. The van der Waals surface area contributed by atoms with Crippen LogP contribution in [0.2, 0.25) is 0 Å². The summed E-state index contributed by atoms with van der Waals surface area (Å²) in [5.41, 5.74) is 3.47. The summed E-state index contributed by atoms with van der Waals surface area (Å²) in [4.78, 5) is 16.9. The number of carbonyl (C=O) groups is 1. The molecule has 0 unspecified atom stereocenters. The Hall–Kier alpha value is -3.25. The van der Waals surface area contributed by atoms with Gasteiger partial charge in [-0.05, 0) is 19.1 Å². The normalized spacial score (nSPS) is 10.7. The van der Waals surface area contributed by atoms with Gasteiger partial charge in [0.2, 0.25) is 5.91 Å². The molecule has 27 heavy (non-hydrogen) atoms. The summed E-state index contributed by atoms with van der Waals surface area (Å²) in [5.74, 6) is 0.522. The number of carbonyl (C=O) groups excluding carboxylic acids is 1. The first-order valence-electron chi connectivity index (χ1n) is 8.61. The topological polar surface area (TPSA) is 59.8 Å². The molecule has 1 amide bonds. The Morgan fingerprint density at radius 2 is 1.78 bits per heavy atom. The molecule has 0 spiro atoms. The predicted octanol–water partition coefficient (Wildman–Crippen LogP) is 4.49. The lowest BCUT2D eigenvalue weighted by Crippen LogP contribution is -2.17. The molecule has 2 heterocycles. The van der Waals surface area contributed by atoms with Crippen molar-refractivity contribution in [3.05, 3.63) is 82.8 Å². The third-order valence-corrected chi connectivity index (χ3v) is 4.88. The van der Waals surface area contributed by atoms with E-state index in [0.29, 0.717) is 5.82 Å². The maximum absolute atomic E-state index is 12.5. The van der Waals surface area contributed by atoms with Crippen LogP contribution in [0.1, 0.15) is 10.7 Å². The highest BCUT2D eigenvalue weighted by Crippen LogP contribution is 2.25. The molecule has 0 aliphatic heterocycles. The second-order valence-electron chi connectivity index (χ2n) is 6.11. The Bertz CT molecular complexity index is 1050. The Labute approximate surface area is 161 Å². The first-order chi connectivity index (χ1) is 13.2. The first-order valence-corrected chi connectivity index (χ1v) is 9.49. The minimum Gasteiger partial charge on any atom is -0.310 e. The van der Waals surface area contributed by atoms with Crippen LogP contribution in [0.3, 0.4) is 0 Å². The van der Waals surface area contributed by atoms with E-state index in [1.165, 1.54) is 0 Å². The molecule has 4 aromatic rings. The molecule has 2 aromatic heterocycles. The van der Waals surface area contributed by atoms with Gasteiger partial charge in [-0.2, -0.15) is 5.10 Å². The minimum atomic E-state index is -0.114. The molecule has 6 heteroatoms. The second kappa shape index (κ2) is 7.55. The Balaban J connectivity index is 1.65. The fourth-order valence-electron chi connectivity index (χ4n) is 2.83. The number of nitrogens with one attached hydrogen (secondary N) is 1. The van der Waals surface area contributed by atoms with Crippen LogP contribution >= 0.6 is 11.3 Å². The zero-order valence-electron chi connectivity index (χ0n) is 14.8. The Morgan fingerprint density at radius 1 is 1.07 bits per heavy atom. The zero-order chi connectivity index (χ0) is 18.6. The number of nitrogens with zero attached hydrogens (tertiary/aromatic N) is 3. The molecule has 4 rings (SSSR count). The van der Waals surface area contributed by atoms with Gasteiger partial charge in [0.15, 0.2) is 0 Å². The number of hydrogen-bond donors (Lipinski definition) is 1. The molecule has 0 fully saturated rings. The van der Waals surface area contributed by atoms with Crippen LogP contribution in [-0.4, -0.2) is 20.7 Å². The molecule has 1 N–H and O–H groups in total. The lowest BCUT2D eigenvalue weighted by Gasteiger charge is -2.08. The van der Waals surface area contributed by atoms with E-state index in [-0.39, 0.29) is 12.3 Å². The van der Waals surface area contributed by atoms with Crippen molar-refractivity contribution in [3.8, 4) is 16.9 Å². The van der Waals surface area contributed by atoms with E-state index in [0.717, 1.165) is 27.6 Å². The summed E-state index contributed by atoms with van der Waals surface area (Å²) in [6.45, 7) is 1.93. The smallest absolute Gasteiger partial charge is 0.231 e. The lowest BCUT2D eigenvalue weighted by atomic mass is 10.1. The van der Waals surface area contributed by atoms with E-state index in [1.54, 1.807) is 16.0 Å². The average molecular weight is 374 g/mol. The van der Waals surface area contributed by atoms with Crippen molar-refractivity contribution in [1.82, 2.24) is 14.8 Å². The number of anilines is 1. The molecule has 0 saturated carbocycles. The van der Waals surface area contributed by atoms with Crippen LogP contribution in [0.25, 0.3) is 16.9 Å². The molecule has 2 aromatic carbocycles. The van der Waals surface area contributed by atoms with E-state index >= 15 is 0 Å². The summed E-state index contributed by atoms with van der Waals surface area (Å²) >= 11 is 1.55. The van der Waals surface area contributed by atoms with E-state index < -0.39 is 0 Å². The van der Waals surface area contributed by atoms with Crippen LogP contribution in [-0.2, 0) is 11.2 Å². The molecule has 0 saturated heterocycles. The molecule has 0 aliphatic rings. The van der Waals surface area contributed by atoms with Crippen LogP contribution in [0.15, 0.2) is 72.1 Å². The van der Waals surface area contributed by atoms with Gasteiger partial charge in [0, 0.05) is 17.0 Å². The number of rotatable bonds is 5. The fraction of sp³-hybridized carbons (Fsp3) is 0.0952. The van der Waals surface area contributed by atoms with Gasteiger partial charge >= 0.3 is 0 Å². The van der Waals surface area contributed by atoms with Crippen LogP contribution < -0.4 is 5.32 Å². The van der Waals surface area contributed by atoms with Gasteiger partial charge in [-0.3, -0.25) is 4.79 Å². The van der Waals surface area contributed by atoms with Crippen molar-refractivity contribution in [3.63, 3.8) is 0 Å². The molecular weight excluding hydrogens is 356 g/mol. The number of aromatic nitrogens is 3. The highest BCUT2D eigenvalue weighted by atomic mass is 32.1. The van der Waals surface area contributed by atoms with Crippen LogP contribution in [0.5, 0.6) is 0 Å². The Morgan fingerprint density at radius 3 is 2.44 bits per heavy atom. The Kier molecular flexibility index (Phi) is 4.80. The zero-order valence-corrected chi connectivity index (χ0v) is 15.6. The third-order valence-electron chi connectivity index (χ3n) is 4.06. The summed E-state index contributed by atoms with van der Waals surface area (Å²) in [5, 5.41) is 10.6. The van der Waals surface area contributed by atoms with Crippen molar-refractivity contribution >= 4 is 23.1 Å². The molecular formula is C21H18N4OS. The second-order valence-corrected chi connectivity index (χ2v) is 7.17. The number of thiazole rings is 1. The molecule has 0 atom stereocenters.